The van der Waals surface area contributed by atoms with E-state index in [0.717, 1.165) is 0 Å². The van der Waals surface area contributed by atoms with Gasteiger partial charge in [-0.05, 0) is 67.7 Å². The fourth-order valence-electron chi connectivity index (χ4n) is 4.43. The molecule has 0 atom stereocenters. The second kappa shape index (κ2) is 12.0. The Bertz CT molecular complexity index is 1300. The largest absolute Gasteiger partial charge is 0.444 e. The molecule has 0 spiro atoms. The molecule has 14 heteroatoms. The van der Waals surface area contributed by atoms with Gasteiger partial charge in [-0.2, -0.15) is 0 Å². The number of rotatable bonds is 5. The Kier molecular flexibility index (Phi) is 8.93. The van der Waals surface area contributed by atoms with Gasteiger partial charge >= 0.3 is 12.1 Å². The molecule has 12 nitrogen and oxygen atoms in total. The first-order valence-corrected chi connectivity index (χ1v) is 14.1. The maximum Gasteiger partial charge on any atom is 0.407 e. The van der Waals surface area contributed by atoms with Crippen molar-refractivity contribution in [2.45, 2.75) is 51.3 Å². The van der Waals surface area contributed by atoms with Gasteiger partial charge in [0.2, 0.25) is 0 Å². The Hall–Kier alpha value is -3.32. The molecular formula is C26H33BrClN7O5. The van der Waals surface area contributed by atoms with Gasteiger partial charge in [0.15, 0.2) is 5.82 Å². The number of alkyl carbamates (subject to hydrolysis) is 1. The van der Waals surface area contributed by atoms with Crippen LogP contribution in [0.3, 0.4) is 0 Å². The molecule has 3 N–H and O–H groups in total. The van der Waals surface area contributed by atoms with Crippen molar-refractivity contribution in [3.8, 4) is 0 Å². The molecule has 2 aromatic rings. The molecular weight excluding hydrogens is 606 g/mol. The van der Waals surface area contributed by atoms with Gasteiger partial charge in [-0.15, -0.1) is 0 Å². The van der Waals surface area contributed by atoms with Gasteiger partial charge in [0.05, 0.1) is 16.8 Å². The zero-order valence-electron chi connectivity index (χ0n) is 22.8. The fraction of sp³-hybridized carbons (Fsp3) is 0.500. The molecule has 5 amide bonds. The predicted molar refractivity (Wildman–Crippen MR) is 153 cm³/mol. The minimum atomic E-state index is -0.560. The Labute approximate surface area is 245 Å². The summed E-state index contributed by atoms with van der Waals surface area (Å²) in [7, 11) is 1.71. The number of ether oxygens (including phenoxy) is 1. The highest BCUT2D eigenvalue weighted by Gasteiger charge is 2.34. The molecule has 2 fully saturated rings. The first kappa shape index (κ1) is 29.7. The van der Waals surface area contributed by atoms with Crippen molar-refractivity contribution >= 4 is 57.2 Å². The lowest BCUT2D eigenvalue weighted by atomic mass is 9.87. The summed E-state index contributed by atoms with van der Waals surface area (Å²) in [6, 6.07) is 4.47. The van der Waals surface area contributed by atoms with Crippen LogP contribution in [0, 0.1) is 0 Å². The van der Waals surface area contributed by atoms with E-state index in [-0.39, 0.29) is 34.9 Å². The van der Waals surface area contributed by atoms with Crippen molar-refractivity contribution in [1.82, 2.24) is 30.0 Å². The van der Waals surface area contributed by atoms with Crippen molar-refractivity contribution in [3.05, 3.63) is 45.4 Å². The SMILES string of the molecule is Cn1c(Br)cnc1C(=O)Nc1ccc(C(=O)N2CCN(C(=O)NC3CC(NC(=O)OC(C)(C)C)C3)CC2)c(Cl)c1. The standard InChI is InChI=1S/C26H33BrClN7O5/c1-26(2,3)40-25(39)32-17-11-16(12-17)31-24(38)35-9-7-34(8-10-35)23(37)18-6-5-15(13-19(18)28)30-22(36)21-29-14-20(27)33(21)4/h5-6,13-14,16-17H,7-12H2,1-4H3,(H,30,36)(H,31,38)(H,32,39). The van der Waals surface area contributed by atoms with Crippen LogP contribution in [0.15, 0.2) is 29.0 Å². The Morgan fingerprint density at radius 1 is 1.02 bits per heavy atom. The van der Waals surface area contributed by atoms with Crippen LogP contribution in [0.5, 0.6) is 0 Å². The lowest BCUT2D eigenvalue weighted by molar-refractivity contribution is 0.0464. The van der Waals surface area contributed by atoms with E-state index in [0.29, 0.717) is 54.9 Å². The first-order valence-electron chi connectivity index (χ1n) is 12.9. The molecule has 1 saturated heterocycles. The quantitative estimate of drug-likeness (QED) is 0.458. The Balaban J connectivity index is 1.22. The third kappa shape index (κ3) is 7.25. The molecule has 0 unspecified atom stereocenters. The van der Waals surface area contributed by atoms with Gasteiger partial charge in [-0.25, -0.2) is 14.6 Å². The summed E-state index contributed by atoms with van der Waals surface area (Å²) in [4.78, 5) is 57.6. The highest BCUT2D eigenvalue weighted by Crippen LogP contribution is 2.24. The van der Waals surface area contributed by atoms with Crippen LogP contribution < -0.4 is 16.0 Å². The Morgan fingerprint density at radius 2 is 1.65 bits per heavy atom. The van der Waals surface area contributed by atoms with E-state index < -0.39 is 17.6 Å². The number of benzene rings is 1. The fourth-order valence-corrected chi connectivity index (χ4v) is 4.96. The normalized spacial score (nSPS) is 18.9. The third-order valence-corrected chi connectivity index (χ3v) is 7.68. The minimum Gasteiger partial charge on any atom is -0.444 e. The summed E-state index contributed by atoms with van der Waals surface area (Å²) in [5.41, 5.74) is 0.192. The van der Waals surface area contributed by atoms with Crippen molar-refractivity contribution in [2.24, 2.45) is 7.05 Å². The van der Waals surface area contributed by atoms with Crippen LogP contribution in [0.4, 0.5) is 15.3 Å². The zero-order chi connectivity index (χ0) is 29.2. The van der Waals surface area contributed by atoms with E-state index in [1.54, 1.807) is 54.3 Å². The van der Waals surface area contributed by atoms with Crippen molar-refractivity contribution in [3.63, 3.8) is 0 Å². The van der Waals surface area contributed by atoms with E-state index in [4.69, 9.17) is 16.3 Å². The summed E-state index contributed by atoms with van der Waals surface area (Å²) in [5.74, 6) is -0.430. The number of hydrogen-bond acceptors (Lipinski definition) is 6. The summed E-state index contributed by atoms with van der Waals surface area (Å²) in [6.45, 7) is 6.91. The maximum atomic E-state index is 13.1. The lowest BCUT2D eigenvalue weighted by Gasteiger charge is -2.39. The molecule has 2 heterocycles. The number of hydrogen-bond donors (Lipinski definition) is 3. The highest BCUT2D eigenvalue weighted by molar-refractivity contribution is 9.10. The summed E-state index contributed by atoms with van der Waals surface area (Å²) < 4.78 is 7.52. The predicted octanol–water partition coefficient (Wildman–Crippen LogP) is 3.61. The molecule has 216 valence electrons. The first-order chi connectivity index (χ1) is 18.8. The Morgan fingerprint density at radius 3 is 2.23 bits per heavy atom. The van der Waals surface area contributed by atoms with Gasteiger partial charge in [0, 0.05) is 51.0 Å². The molecule has 1 saturated carbocycles. The van der Waals surface area contributed by atoms with Gasteiger partial charge in [-0.1, -0.05) is 11.6 Å². The topological polar surface area (TPSA) is 138 Å². The second-order valence-electron chi connectivity index (χ2n) is 10.9. The minimum absolute atomic E-state index is 0.0242. The van der Waals surface area contributed by atoms with E-state index in [1.165, 1.54) is 12.3 Å². The molecule has 1 aromatic heterocycles. The summed E-state index contributed by atoms with van der Waals surface area (Å²) in [6.07, 6.45) is 2.35. The monoisotopic (exact) mass is 637 g/mol. The average molecular weight is 639 g/mol. The number of carbonyl (C=O) groups excluding carboxylic acids is 4. The van der Waals surface area contributed by atoms with Crippen LogP contribution in [-0.2, 0) is 11.8 Å². The summed E-state index contributed by atoms with van der Waals surface area (Å²) >= 11 is 9.71. The number of amides is 5. The number of anilines is 1. The van der Waals surface area contributed by atoms with Crippen LogP contribution in [0.2, 0.25) is 5.02 Å². The van der Waals surface area contributed by atoms with Gasteiger partial charge in [0.1, 0.15) is 10.2 Å². The lowest BCUT2D eigenvalue weighted by Crippen LogP contribution is -2.59. The molecule has 1 aliphatic heterocycles. The molecule has 1 aromatic carbocycles. The smallest absolute Gasteiger partial charge is 0.407 e. The zero-order valence-corrected chi connectivity index (χ0v) is 25.1. The van der Waals surface area contributed by atoms with E-state index in [9.17, 15) is 19.2 Å². The molecule has 40 heavy (non-hydrogen) atoms. The maximum absolute atomic E-state index is 13.1. The molecule has 1 aliphatic carbocycles. The summed E-state index contributed by atoms with van der Waals surface area (Å²) in [5, 5.41) is 8.74. The van der Waals surface area contributed by atoms with Crippen molar-refractivity contribution in [2.75, 3.05) is 31.5 Å². The van der Waals surface area contributed by atoms with Crippen molar-refractivity contribution < 1.29 is 23.9 Å². The number of nitrogens with zero attached hydrogens (tertiary/aromatic N) is 4. The molecule has 4 rings (SSSR count). The second-order valence-corrected chi connectivity index (χ2v) is 12.1. The van der Waals surface area contributed by atoms with Crippen LogP contribution in [0.1, 0.15) is 54.6 Å². The molecule has 0 bridgehead atoms. The number of piperazine rings is 1. The van der Waals surface area contributed by atoms with Crippen LogP contribution in [0.25, 0.3) is 0 Å². The molecule has 0 radical (unpaired) electrons. The number of imidazole rings is 1. The van der Waals surface area contributed by atoms with Crippen LogP contribution >= 0.6 is 27.5 Å². The van der Waals surface area contributed by atoms with Crippen molar-refractivity contribution in [1.29, 1.82) is 0 Å². The number of halogens is 2. The average Bonchev–Trinajstić information content (AvgIpc) is 3.19. The van der Waals surface area contributed by atoms with E-state index in [1.807, 2.05) is 0 Å². The molecule has 2 aliphatic rings. The number of aromatic nitrogens is 2. The highest BCUT2D eigenvalue weighted by atomic mass is 79.9. The van der Waals surface area contributed by atoms with Gasteiger partial charge < -0.3 is 35.1 Å². The van der Waals surface area contributed by atoms with Gasteiger partial charge in [0.25, 0.3) is 11.8 Å². The van der Waals surface area contributed by atoms with E-state index in [2.05, 4.69) is 36.9 Å². The van der Waals surface area contributed by atoms with Gasteiger partial charge in [-0.3, -0.25) is 9.59 Å². The third-order valence-electron chi connectivity index (χ3n) is 6.63. The number of nitrogens with one attached hydrogen (secondary N) is 3. The number of urea groups is 1. The number of carbonyl (C=O) groups is 4. The van der Waals surface area contributed by atoms with E-state index >= 15 is 0 Å². The van der Waals surface area contributed by atoms with Crippen LogP contribution in [-0.4, -0.2) is 87.2 Å².